The minimum absolute atomic E-state index is 0.0866. The number of fused-ring (bicyclic) bond motifs is 4. The van der Waals surface area contributed by atoms with Crippen molar-refractivity contribution in [3.8, 4) is 0 Å². The molecule has 0 saturated carbocycles. The highest BCUT2D eigenvalue weighted by Crippen LogP contribution is 2.28. The number of nitrogens with zero attached hydrogens (tertiary/aromatic N) is 4. The third kappa shape index (κ3) is 2.00. The van der Waals surface area contributed by atoms with Gasteiger partial charge < -0.3 is 9.26 Å². The van der Waals surface area contributed by atoms with Crippen LogP contribution in [0.25, 0.3) is 20.4 Å². The van der Waals surface area contributed by atoms with Gasteiger partial charge in [0.1, 0.15) is 21.0 Å². The SMILES string of the molecule is O=c1c2sc3ncccc3c2ncn1Cc1noc2c1COCC2. The molecule has 7 nitrogen and oxygen atoms in total. The predicted molar refractivity (Wildman–Crippen MR) is 88.1 cm³/mol. The Bertz CT molecular complexity index is 1130. The summed E-state index contributed by atoms with van der Waals surface area (Å²) >= 11 is 1.37. The zero-order valence-corrected chi connectivity index (χ0v) is 13.4. The molecule has 1 aliphatic heterocycles. The summed E-state index contributed by atoms with van der Waals surface area (Å²) in [5.41, 5.74) is 2.30. The number of aromatic nitrogens is 4. The van der Waals surface area contributed by atoms with Crippen molar-refractivity contribution in [3.05, 3.63) is 52.0 Å². The van der Waals surface area contributed by atoms with Crippen molar-refractivity contribution in [1.82, 2.24) is 19.7 Å². The molecule has 8 heteroatoms. The van der Waals surface area contributed by atoms with Gasteiger partial charge in [0.2, 0.25) is 0 Å². The van der Waals surface area contributed by atoms with Gasteiger partial charge in [0.05, 0.1) is 31.6 Å². The topological polar surface area (TPSA) is 83.0 Å². The lowest BCUT2D eigenvalue weighted by Gasteiger charge is -2.11. The molecule has 0 bridgehead atoms. The molecule has 0 aromatic carbocycles. The first-order chi connectivity index (χ1) is 11.8. The van der Waals surface area contributed by atoms with Crippen LogP contribution in [-0.2, 0) is 24.3 Å². The first-order valence-electron chi connectivity index (χ1n) is 7.58. The van der Waals surface area contributed by atoms with Gasteiger partial charge in [0.25, 0.3) is 5.56 Å². The van der Waals surface area contributed by atoms with E-state index in [1.165, 1.54) is 11.3 Å². The van der Waals surface area contributed by atoms with Crippen molar-refractivity contribution in [3.63, 3.8) is 0 Å². The van der Waals surface area contributed by atoms with Crippen LogP contribution in [-0.4, -0.2) is 26.3 Å². The zero-order valence-electron chi connectivity index (χ0n) is 12.6. The van der Waals surface area contributed by atoms with Crippen molar-refractivity contribution < 1.29 is 9.26 Å². The van der Waals surface area contributed by atoms with Crippen LogP contribution in [0.5, 0.6) is 0 Å². The monoisotopic (exact) mass is 340 g/mol. The second-order valence-corrected chi connectivity index (χ2v) is 6.65. The van der Waals surface area contributed by atoms with E-state index in [1.54, 1.807) is 17.1 Å². The number of ether oxygens (including phenoxy) is 1. The van der Waals surface area contributed by atoms with E-state index < -0.39 is 0 Å². The molecule has 1 aliphatic rings. The molecule has 0 atom stereocenters. The van der Waals surface area contributed by atoms with Crippen LogP contribution in [0.3, 0.4) is 0 Å². The van der Waals surface area contributed by atoms with Crippen molar-refractivity contribution in [2.24, 2.45) is 0 Å². The van der Waals surface area contributed by atoms with E-state index in [2.05, 4.69) is 15.1 Å². The van der Waals surface area contributed by atoms with Gasteiger partial charge in [-0.1, -0.05) is 5.16 Å². The number of hydrogen-bond donors (Lipinski definition) is 0. The van der Waals surface area contributed by atoms with E-state index in [0.29, 0.717) is 30.0 Å². The first-order valence-corrected chi connectivity index (χ1v) is 8.39. The smallest absolute Gasteiger partial charge is 0.271 e. The summed E-state index contributed by atoms with van der Waals surface area (Å²) in [6.45, 7) is 1.45. The summed E-state index contributed by atoms with van der Waals surface area (Å²) in [5.74, 6) is 0.851. The fourth-order valence-corrected chi connectivity index (χ4v) is 4.03. The molecular weight excluding hydrogens is 328 g/mol. The average molecular weight is 340 g/mol. The van der Waals surface area contributed by atoms with E-state index in [9.17, 15) is 4.79 Å². The van der Waals surface area contributed by atoms with E-state index >= 15 is 0 Å². The quantitative estimate of drug-likeness (QED) is 0.556. The lowest BCUT2D eigenvalue weighted by atomic mass is 10.1. The summed E-state index contributed by atoms with van der Waals surface area (Å²) < 4.78 is 13.0. The Kier molecular flexibility index (Phi) is 3.00. The van der Waals surface area contributed by atoms with Gasteiger partial charge in [-0.2, -0.15) is 0 Å². The number of thiophene rings is 1. The molecule has 0 spiro atoms. The summed E-state index contributed by atoms with van der Waals surface area (Å²) in [6.07, 6.45) is 4.00. The Balaban J connectivity index is 1.63. The van der Waals surface area contributed by atoms with E-state index in [-0.39, 0.29) is 5.56 Å². The largest absolute Gasteiger partial charge is 0.376 e. The van der Waals surface area contributed by atoms with Crippen molar-refractivity contribution in [2.75, 3.05) is 6.61 Å². The van der Waals surface area contributed by atoms with Crippen LogP contribution in [0.2, 0.25) is 0 Å². The highest BCUT2D eigenvalue weighted by atomic mass is 32.1. The molecule has 0 saturated heterocycles. The van der Waals surface area contributed by atoms with Gasteiger partial charge in [-0.3, -0.25) is 9.36 Å². The maximum Gasteiger partial charge on any atom is 0.271 e. The number of pyridine rings is 1. The van der Waals surface area contributed by atoms with Crippen LogP contribution in [0.1, 0.15) is 17.0 Å². The second-order valence-electron chi connectivity index (χ2n) is 5.65. The number of hydrogen-bond acceptors (Lipinski definition) is 7. The molecule has 0 unspecified atom stereocenters. The molecule has 0 aliphatic carbocycles. The molecule has 4 aromatic rings. The summed E-state index contributed by atoms with van der Waals surface area (Å²) in [6, 6.07) is 3.78. The molecule has 0 radical (unpaired) electrons. The third-order valence-corrected chi connectivity index (χ3v) is 5.30. The van der Waals surface area contributed by atoms with Gasteiger partial charge in [-0.05, 0) is 12.1 Å². The summed E-state index contributed by atoms with van der Waals surface area (Å²) in [5, 5.41) is 5.02. The Morgan fingerprint density at radius 2 is 2.29 bits per heavy atom. The molecular formula is C16H12N4O3S. The Morgan fingerprint density at radius 1 is 1.33 bits per heavy atom. The van der Waals surface area contributed by atoms with Crippen LogP contribution in [0.4, 0.5) is 0 Å². The molecule has 120 valence electrons. The lowest BCUT2D eigenvalue weighted by Crippen LogP contribution is -2.21. The first kappa shape index (κ1) is 13.8. The maximum absolute atomic E-state index is 12.8. The normalized spacial score (nSPS) is 14.3. The Hall–Kier alpha value is -2.58. The van der Waals surface area contributed by atoms with Crippen molar-refractivity contribution in [2.45, 2.75) is 19.6 Å². The van der Waals surface area contributed by atoms with E-state index in [1.807, 2.05) is 12.1 Å². The molecule has 4 aromatic heterocycles. The number of rotatable bonds is 2. The van der Waals surface area contributed by atoms with Gasteiger partial charge in [0, 0.05) is 23.6 Å². The van der Waals surface area contributed by atoms with Gasteiger partial charge >= 0.3 is 0 Å². The molecule has 0 fully saturated rings. The molecule has 0 N–H and O–H groups in total. The predicted octanol–water partition coefficient (Wildman–Crippen LogP) is 2.12. The second kappa shape index (κ2) is 5.22. The molecule has 0 amide bonds. The minimum Gasteiger partial charge on any atom is -0.376 e. The molecule has 5 rings (SSSR count). The van der Waals surface area contributed by atoms with Crippen LogP contribution in [0, 0.1) is 0 Å². The zero-order chi connectivity index (χ0) is 16.1. The average Bonchev–Trinajstić information content (AvgIpc) is 3.19. The van der Waals surface area contributed by atoms with Gasteiger partial charge in [0.15, 0.2) is 0 Å². The van der Waals surface area contributed by atoms with Crippen LogP contribution in [0.15, 0.2) is 34.0 Å². The highest BCUT2D eigenvalue weighted by molar-refractivity contribution is 7.25. The fourth-order valence-electron chi connectivity index (χ4n) is 2.98. The molecule has 24 heavy (non-hydrogen) atoms. The molecule has 5 heterocycles. The van der Waals surface area contributed by atoms with Gasteiger partial charge in [-0.15, -0.1) is 11.3 Å². The Labute approximate surface area is 139 Å². The van der Waals surface area contributed by atoms with E-state index in [4.69, 9.17) is 9.26 Å². The van der Waals surface area contributed by atoms with Gasteiger partial charge in [-0.25, -0.2) is 9.97 Å². The Morgan fingerprint density at radius 3 is 3.25 bits per heavy atom. The highest BCUT2D eigenvalue weighted by Gasteiger charge is 2.21. The van der Waals surface area contributed by atoms with Crippen molar-refractivity contribution in [1.29, 1.82) is 0 Å². The third-order valence-electron chi connectivity index (χ3n) is 4.21. The van der Waals surface area contributed by atoms with Crippen LogP contribution < -0.4 is 5.56 Å². The standard InChI is InChI=1S/C16H12N4O3S/c21-16-14-13(9-2-1-4-17-15(9)24-14)18-8-20(16)6-11-10-7-22-5-3-12(10)23-19-11/h1-2,4,8H,3,5-7H2. The van der Waals surface area contributed by atoms with Crippen molar-refractivity contribution >= 4 is 31.8 Å². The van der Waals surface area contributed by atoms with Crippen LogP contribution >= 0.6 is 11.3 Å². The summed E-state index contributed by atoms with van der Waals surface area (Å²) in [4.78, 5) is 22.4. The summed E-state index contributed by atoms with van der Waals surface area (Å²) in [7, 11) is 0. The van der Waals surface area contributed by atoms with E-state index in [0.717, 1.165) is 33.7 Å². The maximum atomic E-state index is 12.8. The lowest BCUT2D eigenvalue weighted by molar-refractivity contribution is 0.102. The minimum atomic E-state index is -0.0866. The fraction of sp³-hybridized carbons (Fsp3) is 0.250.